The standard InChI is InChI=1S/C14H21BrN2O2/c1-3-5-10(16)8-14(18)17-13-7-4-6-12(15)11(13)9-19-2/h4,6-7,10H,3,5,8-9,16H2,1-2H3,(H,17,18). The second kappa shape index (κ2) is 8.30. The van der Waals surface area contributed by atoms with Crippen molar-refractivity contribution in [3.05, 3.63) is 28.2 Å². The van der Waals surface area contributed by atoms with Gasteiger partial charge < -0.3 is 15.8 Å². The highest BCUT2D eigenvalue weighted by Crippen LogP contribution is 2.25. The van der Waals surface area contributed by atoms with Crippen LogP contribution < -0.4 is 11.1 Å². The first-order valence-corrected chi connectivity index (χ1v) is 7.19. The topological polar surface area (TPSA) is 64.4 Å². The number of nitrogens with one attached hydrogen (secondary N) is 1. The van der Waals surface area contributed by atoms with Crippen LogP contribution in [0.3, 0.4) is 0 Å². The van der Waals surface area contributed by atoms with Gasteiger partial charge in [-0.05, 0) is 18.6 Å². The molecule has 0 saturated carbocycles. The van der Waals surface area contributed by atoms with Gasteiger partial charge >= 0.3 is 0 Å². The molecule has 0 spiro atoms. The fraction of sp³-hybridized carbons (Fsp3) is 0.500. The van der Waals surface area contributed by atoms with E-state index in [1.165, 1.54) is 0 Å². The molecule has 0 aromatic heterocycles. The van der Waals surface area contributed by atoms with Crippen LogP contribution in [0.1, 0.15) is 31.7 Å². The van der Waals surface area contributed by atoms with E-state index in [-0.39, 0.29) is 11.9 Å². The van der Waals surface area contributed by atoms with Crippen molar-refractivity contribution >= 4 is 27.5 Å². The van der Waals surface area contributed by atoms with Gasteiger partial charge in [0, 0.05) is 35.3 Å². The number of ether oxygens (including phenoxy) is 1. The fourth-order valence-electron chi connectivity index (χ4n) is 1.88. The van der Waals surface area contributed by atoms with E-state index in [4.69, 9.17) is 10.5 Å². The molecule has 3 N–H and O–H groups in total. The lowest BCUT2D eigenvalue weighted by atomic mass is 10.1. The minimum Gasteiger partial charge on any atom is -0.380 e. The molecule has 106 valence electrons. The van der Waals surface area contributed by atoms with Gasteiger partial charge in [0.2, 0.25) is 5.91 Å². The molecule has 0 radical (unpaired) electrons. The van der Waals surface area contributed by atoms with Gasteiger partial charge in [-0.25, -0.2) is 0 Å². The summed E-state index contributed by atoms with van der Waals surface area (Å²) in [6, 6.07) is 5.59. The number of carbonyl (C=O) groups is 1. The van der Waals surface area contributed by atoms with Crippen molar-refractivity contribution in [3.63, 3.8) is 0 Å². The van der Waals surface area contributed by atoms with E-state index in [2.05, 4.69) is 28.2 Å². The van der Waals surface area contributed by atoms with Gasteiger partial charge in [0.1, 0.15) is 0 Å². The summed E-state index contributed by atoms with van der Waals surface area (Å²) in [4.78, 5) is 11.9. The number of hydrogen-bond donors (Lipinski definition) is 2. The summed E-state index contributed by atoms with van der Waals surface area (Å²) in [5.41, 5.74) is 7.57. The van der Waals surface area contributed by atoms with Gasteiger partial charge in [-0.3, -0.25) is 4.79 Å². The first-order valence-electron chi connectivity index (χ1n) is 6.40. The number of methoxy groups -OCH3 is 1. The molecule has 1 aromatic carbocycles. The summed E-state index contributed by atoms with van der Waals surface area (Å²) in [6.07, 6.45) is 2.18. The van der Waals surface area contributed by atoms with E-state index in [9.17, 15) is 4.79 Å². The van der Waals surface area contributed by atoms with Crippen LogP contribution in [0.15, 0.2) is 22.7 Å². The Kier molecular flexibility index (Phi) is 7.05. The highest BCUT2D eigenvalue weighted by molar-refractivity contribution is 9.10. The van der Waals surface area contributed by atoms with E-state index in [0.29, 0.717) is 13.0 Å². The Morgan fingerprint density at radius 3 is 2.89 bits per heavy atom. The van der Waals surface area contributed by atoms with Crippen LogP contribution >= 0.6 is 15.9 Å². The normalized spacial score (nSPS) is 12.2. The molecule has 1 unspecified atom stereocenters. The second-order valence-corrected chi connectivity index (χ2v) is 5.35. The van der Waals surface area contributed by atoms with Gasteiger partial charge in [-0.1, -0.05) is 35.3 Å². The zero-order valence-electron chi connectivity index (χ0n) is 11.4. The molecule has 5 heteroatoms. The van der Waals surface area contributed by atoms with Crippen molar-refractivity contribution in [2.24, 2.45) is 5.73 Å². The zero-order chi connectivity index (χ0) is 14.3. The van der Waals surface area contributed by atoms with E-state index < -0.39 is 0 Å². The lowest BCUT2D eigenvalue weighted by Gasteiger charge is -2.14. The Morgan fingerprint density at radius 2 is 2.26 bits per heavy atom. The van der Waals surface area contributed by atoms with Crippen LogP contribution in [0, 0.1) is 0 Å². The highest BCUT2D eigenvalue weighted by Gasteiger charge is 2.12. The molecule has 1 atom stereocenters. The molecule has 0 heterocycles. The number of rotatable bonds is 7. The third-order valence-corrected chi connectivity index (χ3v) is 3.53. The summed E-state index contributed by atoms with van der Waals surface area (Å²) < 4.78 is 6.07. The Hall–Kier alpha value is -0.910. The van der Waals surface area contributed by atoms with Gasteiger partial charge in [-0.2, -0.15) is 0 Å². The molecular weight excluding hydrogens is 308 g/mol. The number of halogens is 1. The number of carbonyl (C=O) groups excluding carboxylic acids is 1. The lowest BCUT2D eigenvalue weighted by molar-refractivity contribution is -0.116. The summed E-state index contributed by atoms with van der Waals surface area (Å²) in [5, 5.41) is 2.90. The molecule has 1 rings (SSSR count). The molecule has 1 amide bonds. The van der Waals surface area contributed by atoms with E-state index in [1.807, 2.05) is 18.2 Å². The van der Waals surface area contributed by atoms with Gasteiger partial charge in [0.05, 0.1) is 6.61 Å². The predicted molar refractivity (Wildman–Crippen MR) is 81.0 cm³/mol. The van der Waals surface area contributed by atoms with Crippen LogP contribution in [0.25, 0.3) is 0 Å². The number of nitrogens with two attached hydrogens (primary N) is 1. The van der Waals surface area contributed by atoms with Gasteiger partial charge in [0.25, 0.3) is 0 Å². The lowest BCUT2D eigenvalue weighted by Crippen LogP contribution is -2.27. The van der Waals surface area contributed by atoms with Crippen LogP contribution in [-0.4, -0.2) is 19.1 Å². The van der Waals surface area contributed by atoms with Gasteiger partial charge in [0.15, 0.2) is 0 Å². The smallest absolute Gasteiger partial charge is 0.225 e. The number of hydrogen-bond acceptors (Lipinski definition) is 3. The molecule has 19 heavy (non-hydrogen) atoms. The maximum Gasteiger partial charge on any atom is 0.225 e. The Bertz CT molecular complexity index is 424. The first kappa shape index (κ1) is 16.1. The zero-order valence-corrected chi connectivity index (χ0v) is 13.0. The average Bonchev–Trinajstić information content (AvgIpc) is 2.33. The number of benzene rings is 1. The fourth-order valence-corrected chi connectivity index (χ4v) is 2.36. The van der Waals surface area contributed by atoms with Gasteiger partial charge in [-0.15, -0.1) is 0 Å². The molecule has 4 nitrogen and oxygen atoms in total. The quantitative estimate of drug-likeness (QED) is 0.808. The van der Waals surface area contributed by atoms with E-state index >= 15 is 0 Å². The molecule has 0 bridgehead atoms. The Balaban J connectivity index is 2.71. The van der Waals surface area contributed by atoms with Crippen molar-refractivity contribution in [1.82, 2.24) is 0 Å². The molecule has 0 aliphatic heterocycles. The van der Waals surface area contributed by atoms with Crippen LogP contribution in [0.2, 0.25) is 0 Å². The van der Waals surface area contributed by atoms with E-state index in [1.54, 1.807) is 7.11 Å². The monoisotopic (exact) mass is 328 g/mol. The van der Waals surface area contributed by atoms with Crippen molar-refractivity contribution < 1.29 is 9.53 Å². The van der Waals surface area contributed by atoms with Crippen molar-refractivity contribution in [2.75, 3.05) is 12.4 Å². The number of anilines is 1. The molecule has 0 fully saturated rings. The molecular formula is C14H21BrN2O2. The molecule has 0 saturated heterocycles. The third kappa shape index (κ3) is 5.30. The maximum atomic E-state index is 11.9. The summed E-state index contributed by atoms with van der Waals surface area (Å²) in [6.45, 7) is 2.50. The molecule has 1 aromatic rings. The molecule has 0 aliphatic carbocycles. The number of amides is 1. The van der Waals surface area contributed by atoms with Crippen molar-refractivity contribution in [1.29, 1.82) is 0 Å². The minimum absolute atomic E-state index is 0.0589. The summed E-state index contributed by atoms with van der Waals surface area (Å²) in [5.74, 6) is -0.0589. The van der Waals surface area contributed by atoms with Crippen LogP contribution in [0.4, 0.5) is 5.69 Å². The average molecular weight is 329 g/mol. The van der Waals surface area contributed by atoms with Crippen LogP contribution in [0.5, 0.6) is 0 Å². The molecule has 0 aliphatic rings. The SMILES string of the molecule is CCCC(N)CC(=O)Nc1cccc(Br)c1COC. The van der Waals surface area contributed by atoms with E-state index in [0.717, 1.165) is 28.6 Å². The van der Waals surface area contributed by atoms with Crippen molar-refractivity contribution in [2.45, 2.75) is 38.8 Å². The highest BCUT2D eigenvalue weighted by atomic mass is 79.9. The largest absolute Gasteiger partial charge is 0.380 e. The summed E-state index contributed by atoms with van der Waals surface area (Å²) >= 11 is 3.46. The predicted octanol–water partition coefficient (Wildman–Crippen LogP) is 3.05. The third-order valence-electron chi connectivity index (χ3n) is 2.79. The maximum absolute atomic E-state index is 11.9. The Morgan fingerprint density at radius 1 is 1.53 bits per heavy atom. The van der Waals surface area contributed by atoms with Crippen LogP contribution in [-0.2, 0) is 16.1 Å². The summed E-state index contributed by atoms with van der Waals surface area (Å²) in [7, 11) is 1.63. The second-order valence-electron chi connectivity index (χ2n) is 4.50. The Labute approximate surface area is 122 Å². The van der Waals surface area contributed by atoms with Crippen molar-refractivity contribution in [3.8, 4) is 0 Å². The first-order chi connectivity index (χ1) is 9.08. The minimum atomic E-state index is -0.0805.